The van der Waals surface area contributed by atoms with Crippen LogP contribution >= 0.6 is 0 Å². The van der Waals surface area contributed by atoms with E-state index in [-0.39, 0.29) is 0 Å². The Hall–Kier alpha value is -1.94. The molecular formula is C15H18N4. The molecule has 2 aromatic rings. The van der Waals surface area contributed by atoms with Gasteiger partial charge in [0, 0.05) is 36.2 Å². The number of rotatable bonds is 3. The number of nitrogens with zero attached hydrogens (tertiary/aromatic N) is 3. The number of fused-ring (bicyclic) bond motifs is 1. The molecule has 98 valence electrons. The fourth-order valence-corrected chi connectivity index (χ4v) is 2.52. The molecule has 0 amide bonds. The normalized spacial score (nSPS) is 13.7. The number of benzene rings is 1. The van der Waals surface area contributed by atoms with E-state index in [0.717, 1.165) is 36.7 Å². The van der Waals surface area contributed by atoms with Gasteiger partial charge in [0.1, 0.15) is 0 Å². The van der Waals surface area contributed by atoms with Gasteiger partial charge in [-0.3, -0.25) is 0 Å². The number of para-hydroxylation sites is 1. The predicted molar refractivity (Wildman–Crippen MR) is 76.7 cm³/mol. The van der Waals surface area contributed by atoms with Crippen molar-refractivity contribution in [3.8, 4) is 0 Å². The third-order valence-corrected chi connectivity index (χ3v) is 3.56. The minimum absolute atomic E-state index is 0.808. The van der Waals surface area contributed by atoms with E-state index >= 15 is 0 Å². The first-order valence-corrected chi connectivity index (χ1v) is 6.62. The number of aryl methyl sites for hydroxylation is 1. The Morgan fingerprint density at radius 2 is 2.16 bits per heavy atom. The van der Waals surface area contributed by atoms with Crippen LogP contribution in [0.1, 0.15) is 16.8 Å². The van der Waals surface area contributed by atoms with Gasteiger partial charge < -0.3 is 10.2 Å². The van der Waals surface area contributed by atoms with Crippen LogP contribution < -0.4 is 10.2 Å². The molecule has 0 saturated heterocycles. The lowest BCUT2D eigenvalue weighted by molar-refractivity contribution is 0.793. The van der Waals surface area contributed by atoms with E-state index < -0.39 is 0 Å². The smallest absolute Gasteiger partial charge is 0.230 e. The summed E-state index contributed by atoms with van der Waals surface area (Å²) in [6, 6.07) is 8.48. The van der Waals surface area contributed by atoms with Gasteiger partial charge in [-0.25, -0.2) is 9.97 Å². The maximum Gasteiger partial charge on any atom is 0.230 e. The molecule has 1 aromatic carbocycles. The summed E-state index contributed by atoms with van der Waals surface area (Å²) in [6.07, 6.45) is 2.99. The summed E-state index contributed by atoms with van der Waals surface area (Å²) >= 11 is 0. The molecule has 0 unspecified atom stereocenters. The standard InChI is InChI=1S/C15H18N4/c1-11-13(9-16-2)10-17-15(18-11)19-8-7-12-5-3-4-6-14(12)19/h3-6,10,16H,7-9H2,1-2H3. The fraction of sp³-hybridized carbons (Fsp3) is 0.333. The summed E-state index contributed by atoms with van der Waals surface area (Å²) in [5, 5.41) is 3.14. The van der Waals surface area contributed by atoms with Gasteiger partial charge in [0.25, 0.3) is 0 Å². The third-order valence-electron chi connectivity index (χ3n) is 3.56. The second kappa shape index (κ2) is 4.97. The van der Waals surface area contributed by atoms with Crippen LogP contribution in [0.25, 0.3) is 0 Å². The van der Waals surface area contributed by atoms with E-state index in [1.807, 2.05) is 20.2 Å². The van der Waals surface area contributed by atoms with E-state index in [0.29, 0.717) is 0 Å². The van der Waals surface area contributed by atoms with Gasteiger partial charge in [-0.05, 0) is 32.0 Å². The van der Waals surface area contributed by atoms with E-state index in [9.17, 15) is 0 Å². The zero-order valence-electron chi connectivity index (χ0n) is 11.3. The van der Waals surface area contributed by atoms with E-state index in [1.165, 1.54) is 11.3 Å². The highest BCUT2D eigenvalue weighted by molar-refractivity contribution is 5.65. The van der Waals surface area contributed by atoms with Crippen molar-refractivity contribution in [2.75, 3.05) is 18.5 Å². The van der Waals surface area contributed by atoms with Crippen LogP contribution in [0.2, 0.25) is 0 Å². The van der Waals surface area contributed by atoms with E-state index in [2.05, 4.69) is 44.5 Å². The Morgan fingerprint density at radius 3 is 2.95 bits per heavy atom. The van der Waals surface area contributed by atoms with Crippen LogP contribution in [-0.2, 0) is 13.0 Å². The van der Waals surface area contributed by atoms with Gasteiger partial charge in [0.05, 0.1) is 0 Å². The van der Waals surface area contributed by atoms with Crippen LogP contribution in [0.3, 0.4) is 0 Å². The van der Waals surface area contributed by atoms with Crippen LogP contribution in [0.15, 0.2) is 30.5 Å². The van der Waals surface area contributed by atoms with Gasteiger partial charge in [-0.2, -0.15) is 0 Å². The van der Waals surface area contributed by atoms with Gasteiger partial charge in [0.2, 0.25) is 5.95 Å². The number of anilines is 2. The lowest BCUT2D eigenvalue weighted by Gasteiger charge is -2.18. The summed E-state index contributed by atoms with van der Waals surface area (Å²) < 4.78 is 0. The zero-order valence-corrected chi connectivity index (χ0v) is 11.3. The average molecular weight is 254 g/mol. The molecule has 4 nitrogen and oxygen atoms in total. The molecule has 0 radical (unpaired) electrons. The Morgan fingerprint density at radius 1 is 1.32 bits per heavy atom. The molecule has 0 bridgehead atoms. The van der Waals surface area contributed by atoms with Crippen molar-refractivity contribution in [1.29, 1.82) is 0 Å². The first-order chi connectivity index (χ1) is 9.29. The Kier molecular flexibility index (Phi) is 3.17. The van der Waals surface area contributed by atoms with Crippen molar-refractivity contribution in [2.24, 2.45) is 0 Å². The molecule has 19 heavy (non-hydrogen) atoms. The highest BCUT2D eigenvalue weighted by Gasteiger charge is 2.22. The monoisotopic (exact) mass is 254 g/mol. The second-order valence-electron chi connectivity index (χ2n) is 4.84. The lowest BCUT2D eigenvalue weighted by Crippen LogP contribution is -2.18. The van der Waals surface area contributed by atoms with Crippen molar-refractivity contribution < 1.29 is 0 Å². The van der Waals surface area contributed by atoms with E-state index in [1.54, 1.807) is 0 Å². The molecule has 4 heteroatoms. The molecule has 1 N–H and O–H groups in total. The van der Waals surface area contributed by atoms with Crippen LogP contribution in [0.5, 0.6) is 0 Å². The molecule has 1 aliphatic heterocycles. The van der Waals surface area contributed by atoms with Gasteiger partial charge in [-0.15, -0.1) is 0 Å². The number of hydrogen-bond acceptors (Lipinski definition) is 4. The van der Waals surface area contributed by atoms with Gasteiger partial charge in [-0.1, -0.05) is 18.2 Å². The first-order valence-electron chi connectivity index (χ1n) is 6.62. The van der Waals surface area contributed by atoms with Crippen molar-refractivity contribution in [3.63, 3.8) is 0 Å². The van der Waals surface area contributed by atoms with Crippen LogP contribution in [-0.4, -0.2) is 23.6 Å². The molecule has 0 fully saturated rings. The molecule has 1 aliphatic rings. The largest absolute Gasteiger partial charge is 0.316 e. The Bertz CT molecular complexity index is 594. The molecule has 0 spiro atoms. The molecule has 0 atom stereocenters. The first kappa shape index (κ1) is 12.1. The molecule has 0 saturated carbocycles. The van der Waals surface area contributed by atoms with Crippen molar-refractivity contribution >= 4 is 11.6 Å². The predicted octanol–water partition coefficient (Wildman–Crippen LogP) is 2.20. The quantitative estimate of drug-likeness (QED) is 0.911. The second-order valence-corrected chi connectivity index (χ2v) is 4.84. The zero-order chi connectivity index (χ0) is 13.2. The lowest BCUT2D eigenvalue weighted by atomic mass is 10.2. The molecule has 0 aliphatic carbocycles. The third kappa shape index (κ3) is 2.19. The Balaban J connectivity index is 1.94. The molecule has 3 rings (SSSR count). The number of hydrogen-bond donors (Lipinski definition) is 1. The minimum Gasteiger partial charge on any atom is -0.316 e. The summed E-state index contributed by atoms with van der Waals surface area (Å²) in [6.45, 7) is 3.81. The highest BCUT2D eigenvalue weighted by Crippen LogP contribution is 2.32. The number of aromatic nitrogens is 2. The summed E-state index contributed by atoms with van der Waals surface area (Å²) in [5.74, 6) is 0.808. The summed E-state index contributed by atoms with van der Waals surface area (Å²) in [4.78, 5) is 11.4. The molecule has 1 aromatic heterocycles. The molecular weight excluding hydrogens is 236 g/mol. The molecule has 2 heterocycles. The van der Waals surface area contributed by atoms with Gasteiger partial charge >= 0.3 is 0 Å². The minimum atomic E-state index is 0.808. The summed E-state index contributed by atoms with van der Waals surface area (Å²) in [5.41, 5.74) is 4.81. The Labute approximate surface area is 113 Å². The van der Waals surface area contributed by atoms with Crippen molar-refractivity contribution in [3.05, 3.63) is 47.3 Å². The van der Waals surface area contributed by atoms with Gasteiger partial charge in [0.15, 0.2) is 0 Å². The van der Waals surface area contributed by atoms with Crippen molar-refractivity contribution in [2.45, 2.75) is 19.9 Å². The summed E-state index contributed by atoms with van der Waals surface area (Å²) in [7, 11) is 1.93. The highest BCUT2D eigenvalue weighted by atomic mass is 15.3. The number of nitrogens with one attached hydrogen (secondary N) is 1. The van der Waals surface area contributed by atoms with E-state index in [4.69, 9.17) is 0 Å². The average Bonchev–Trinajstić information content (AvgIpc) is 2.85. The van der Waals surface area contributed by atoms with Crippen LogP contribution in [0.4, 0.5) is 11.6 Å². The maximum atomic E-state index is 4.65. The SMILES string of the molecule is CNCc1cnc(N2CCc3ccccc32)nc1C. The van der Waals surface area contributed by atoms with Crippen LogP contribution in [0, 0.1) is 6.92 Å². The topological polar surface area (TPSA) is 41.1 Å². The fourth-order valence-electron chi connectivity index (χ4n) is 2.52. The maximum absolute atomic E-state index is 4.65. The van der Waals surface area contributed by atoms with Crippen molar-refractivity contribution in [1.82, 2.24) is 15.3 Å².